The van der Waals surface area contributed by atoms with Crippen LogP contribution in [0.2, 0.25) is 0 Å². The van der Waals surface area contributed by atoms with Gasteiger partial charge in [0.25, 0.3) is 0 Å². The number of esters is 1. The van der Waals surface area contributed by atoms with Crippen molar-refractivity contribution in [2.75, 3.05) is 6.61 Å². The number of carboxylic acid groups (broad SMARTS) is 1. The number of ether oxygens (including phenoxy) is 1. The van der Waals surface area contributed by atoms with Crippen LogP contribution in [0.25, 0.3) is 0 Å². The van der Waals surface area contributed by atoms with Crippen molar-refractivity contribution in [2.24, 2.45) is 0 Å². The van der Waals surface area contributed by atoms with Crippen LogP contribution in [0.1, 0.15) is 36.7 Å². The van der Waals surface area contributed by atoms with Crippen LogP contribution in [0, 0.1) is 0 Å². The van der Waals surface area contributed by atoms with Gasteiger partial charge < -0.3 is 9.84 Å². The van der Waals surface area contributed by atoms with E-state index < -0.39 is 11.9 Å². The molecule has 94 valence electrons. The second-order valence-electron chi connectivity index (χ2n) is 2.94. The Morgan fingerprint density at radius 2 is 1.82 bits per heavy atom. The summed E-state index contributed by atoms with van der Waals surface area (Å²) < 4.78 is 4.75. The van der Waals surface area contributed by atoms with E-state index in [4.69, 9.17) is 9.84 Å². The number of hydrogen-bond donors (Lipinski definition) is 1. The van der Waals surface area contributed by atoms with E-state index in [0.717, 1.165) is 0 Å². The van der Waals surface area contributed by atoms with Gasteiger partial charge in [-0.15, -0.1) is 0 Å². The number of carbonyl (C=O) groups is 2. The molecule has 4 heteroatoms. The van der Waals surface area contributed by atoms with E-state index >= 15 is 0 Å². The molecule has 0 atom stereocenters. The zero-order valence-corrected chi connectivity index (χ0v) is 10.4. The molecule has 0 aromatic heterocycles. The highest BCUT2D eigenvalue weighted by Crippen LogP contribution is 2.10. The SMILES string of the molecule is CC.CCOC(=O)Cc1ccccc1C(=O)O. The van der Waals surface area contributed by atoms with E-state index in [9.17, 15) is 9.59 Å². The summed E-state index contributed by atoms with van der Waals surface area (Å²) in [5, 5.41) is 8.86. The minimum absolute atomic E-state index is 0.00366. The van der Waals surface area contributed by atoms with Crippen LogP contribution in [-0.4, -0.2) is 23.7 Å². The van der Waals surface area contributed by atoms with E-state index in [2.05, 4.69) is 0 Å². The molecule has 0 spiro atoms. The Labute approximate surface area is 101 Å². The second kappa shape index (κ2) is 8.33. The fourth-order valence-electron chi connectivity index (χ4n) is 1.25. The molecular weight excluding hydrogens is 220 g/mol. The standard InChI is InChI=1S/C11H12O4.C2H6/c1-2-15-10(12)7-8-5-3-4-6-9(8)11(13)14;1-2/h3-6H,2,7H2,1H3,(H,13,14);1-2H3. The molecule has 1 rings (SSSR count). The molecule has 0 aliphatic rings. The molecule has 1 aromatic rings. The van der Waals surface area contributed by atoms with Gasteiger partial charge in [0, 0.05) is 0 Å². The molecular formula is C13H18O4. The zero-order chi connectivity index (χ0) is 13.3. The average molecular weight is 238 g/mol. The van der Waals surface area contributed by atoms with Crippen LogP contribution >= 0.6 is 0 Å². The van der Waals surface area contributed by atoms with E-state index in [0.29, 0.717) is 12.2 Å². The van der Waals surface area contributed by atoms with Crippen LogP contribution in [0.5, 0.6) is 0 Å². The van der Waals surface area contributed by atoms with E-state index in [1.807, 2.05) is 13.8 Å². The van der Waals surface area contributed by atoms with Crippen LogP contribution in [-0.2, 0) is 16.0 Å². The third kappa shape index (κ3) is 5.15. The smallest absolute Gasteiger partial charge is 0.335 e. The van der Waals surface area contributed by atoms with Gasteiger partial charge >= 0.3 is 11.9 Å². The summed E-state index contributed by atoms with van der Waals surface area (Å²) in [5.41, 5.74) is 0.619. The van der Waals surface area contributed by atoms with Crippen molar-refractivity contribution in [3.8, 4) is 0 Å². The quantitative estimate of drug-likeness (QED) is 0.818. The normalized spacial score (nSPS) is 8.88. The summed E-state index contributed by atoms with van der Waals surface area (Å²) >= 11 is 0. The Morgan fingerprint density at radius 3 is 2.35 bits per heavy atom. The van der Waals surface area contributed by atoms with Crippen molar-refractivity contribution < 1.29 is 19.4 Å². The maximum absolute atomic E-state index is 11.2. The molecule has 1 aromatic carbocycles. The minimum atomic E-state index is -1.03. The Morgan fingerprint density at radius 1 is 1.24 bits per heavy atom. The molecule has 0 amide bonds. The molecule has 0 saturated heterocycles. The van der Waals surface area contributed by atoms with Gasteiger partial charge in [-0.3, -0.25) is 4.79 Å². The first-order valence-electron chi connectivity index (χ1n) is 5.62. The molecule has 0 heterocycles. The van der Waals surface area contributed by atoms with Crippen molar-refractivity contribution in [1.82, 2.24) is 0 Å². The molecule has 1 N–H and O–H groups in total. The number of carboxylic acids is 1. The highest BCUT2D eigenvalue weighted by atomic mass is 16.5. The molecule has 0 saturated carbocycles. The first-order chi connectivity index (χ1) is 8.15. The lowest BCUT2D eigenvalue weighted by atomic mass is 10.1. The fraction of sp³-hybridized carbons (Fsp3) is 0.385. The number of benzene rings is 1. The van der Waals surface area contributed by atoms with Crippen LogP contribution < -0.4 is 0 Å². The Hall–Kier alpha value is -1.84. The number of hydrogen-bond acceptors (Lipinski definition) is 3. The maximum Gasteiger partial charge on any atom is 0.335 e. The van der Waals surface area contributed by atoms with Crippen molar-refractivity contribution in [3.05, 3.63) is 35.4 Å². The second-order valence-corrected chi connectivity index (χ2v) is 2.94. The van der Waals surface area contributed by atoms with Gasteiger partial charge in [-0.2, -0.15) is 0 Å². The number of rotatable bonds is 4. The lowest BCUT2D eigenvalue weighted by molar-refractivity contribution is -0.142. The van der Waals surface area contributed by atoms with Gasteiger partial charge in [0.2, 0.25) is 0 Å². The third-order valence-corrected chi connectivity index (χ3v) is 1.89. The number of aromatic carboxylic acids is 1. The largest absolute Gasteiger partial charge is 0.478 e. The summed E-state index contributed by atoms with van der Waals surface area (Å²) in [6, 6.07) is 6.40. The molecule has 0 fully saturated rings. The monoisotopic (exact) mass is 238 g/mol. The predicted molar refractivity (Wildman–Crippen MR) is 65.1 cm³/mol. The van der Waals surface area contributed by atoms with Gasteiger partial charge in [-0.1, -0.05) is 32.0 Å². The van der Waals surface area contributed by atoms with Gasteiger partial charge in [0.15, 0.2) is 0 Å². The molecule has 4 nitrogen and oxygen atoms in total. The fourth-order valence-corrected chi connectivity index (χ4v) is 1.25. The highest BCUT2D eigenvalue weighted by Gasteiger charge is 2.12. The summed E-state index contributed by atoms with van der Waals surface area (Å²) in [7, 11) is 0. The molecule has 17 heavy (non-hydrogen) atoms. The van der Waals surface area contributed by atoms with Gasteiger partial charge in [-0.25, -0.2) is 4.79 Å². The van der Waals surface area contributed by atoms with Gasteiger partial charge in [-0.05, 0) is 18.6 Å². The van der Waals surface area contributed by atoms with Gasteiger partial charge in [0.1, 0.15) is 0 Å². The van der Waals surface area contributed by atoms with Gasteiger partial charge in [0.05, 0.1) is 18.6 Å². The average Bonchev–Trinajstić information content (AvgIpc) is 2.32. The summed E-state index contributed by atoms with van der Waals surface area (Å²) in [4.78, 5) is 22.0. The van der Waals surface area contributed by atoms with E-state index in [-0.39, 0.29) is 12.0 Å². The Bertz CT molecular complexity index is 371. The molecule has 0 aliphatic heterocycles. The molecule has 0 bridgehead atoms. The molecule has 0 aliphatic carbocycles. The van der Waals surface area contributed by atoms with Crippen LogP contribution in [0.4, 0.5) is 0 Å². The van der Waals surface area contributed by atoms with Crippen molar-refractivity contribution >= 4 is 11.9 Å². The summed E-state index contributed by atoms with van der Waals surface area (Å²) in [6.45, 7) is 6.01. The predicted octanol–water partition coefficient (Wildman–Crippen LogP) is 2.52. The molecule has 0 radical (unpaired) electrons. The topological polar surface area (TPSA) is 63.6 Å². The minimum Gasteiger partial charge on any atom is -0.478 e. The Kier molecular flexibility index (Phi) is 7.43. The van der Waals surface area contributed by atoms with Crippen LogP contribution in [0.3, 0.4) is 0 Å². The molecule has 0 unspecified atom stereocenters. The van der Waals surface area contributed by atoms with Crippen molar-refractivity contribution in [1.29, 1.82) is 0 Å². The van der Waals surface area contributed by atoms with Crippen molar-refractivity contribution in [3.63, 3.8) is 0 Å². The van der Waals surface area contributed by atoms with E-state index in [1.165, 1.54) is 6.07 Å². The zero-order valence-electron chi connectivity index (χ0n) is 10.4. The third-order valence-electron chi connectivity index (χ3n) is 1.89. The van der Waals surface area contributed by atoms with E-state index in [1.54, 1.807) is 25.1 Å². The first-order valence-corrected chi connectivity index (χ1v) is 5.62. The van der Waals surface area contributed by atoms with Crippen molar-refractivity contribution in [2.45, 2.75) is 27.2 Å². The summed E-state index contributed by atoms with van der Waals surface area (Å²) in [5.74, 6) is -1.44. The lowest BCUT2D eigenvalue weighted by Crippen LogP contribution is -2.11. The number of carbonyl (C=O) groups excluding carboxylic acids is 1. The van der Waals surface area contributed by atoms with Crippen LogP contribution in [0.15, 0.2) is 24.3 Å². The highest BCUT2D eigenvalue weighted by molar-refractivity contribution is 5.91. The maximum atomic E-state index is 11.2. The summed E-state index contributed by atoms with van der Waals surface area (Å²) in [6.07, 6.45) is -0.00366. The Balaban J connectivity index is 0.00000121. The first kappa shape index (κ1) is 15.2. The lowest BCUT2D eigenvalue weighted by Gasteiger charge is -2.04.